The zero-order valence-electron chi connectivity index (χ0n) is 13.8. The molecule has 7 heteroatoms. The van der Waals surface area contributed by atoms with Gasteiger partial charge in [-0.2, -0.15) is 0 Å². The van der Waals surface area contributed by atoms with Crippen molar-refractivity contribution in [2.24, 2.45) is 4.99 Å². The minimum atomic E-state index is -0.0962. The van der Waals surface area contributed by atoms with Gasteiger partial charge in [0.15, 0.2) is 0 Å². The van der Waals surface area contributed by atoms with Crippen LogP contribution >= 0.6 is 23.2 Å². The van der Waals surface area contributed by atoms with Gasteiger partial charge in [-0.1, -0.05) is 35.3 Å². The van der Waals surface area contributed by atoms with E-state index in [1.54, 1.807) is 24.3 Å². The molecule has 27 heavy (non-hydrogen) atoms. The molecule has 3 aromatic carbocycles. The number of H-pyrrole nitrogens is 1. The zero-order valence-corrected chi connectivity index (χ0v) is 15.3. The van der Waals surface area contributed by atoms with Gasteiger partial charge in [0.2, 0.25) is 0 Å². The lowest BCUT2D eigenvalue weighted by Crippen LogP contribution is -1.85. The molecule has 0 aliphatic carbocycles. The van der Waals surface area contributed by atoms with Crippen molar-refractivity contribution in [3.8, 4) is 22.9 Å². The summed E-state index contributed by atoms with van der Waals surface area (Å²) in [6, 6.07) is 15.5. The summed E-state index contributed by atoms with van der Waals surface area (Å²) in [6.45, 7) is 0. The number of halogens is 2. The van der Waals surface area contributed by atoms with Crippen LogP contribution in [0.15, 0.2) is 59.6 Å². The number of aromatic nitrogens is 2. The number of imidazole rings is 1. The van der Waals surface area contributed by atoms with E-state index in [2.05, 4.69) is 15.0 Å². The molecule has 0 saturated carbocycles. The SMILES string of the molecule is Oc1ccc(N=Cc2cc(Cl)cc(Cl)c2O)cc1-c1nc2ccccc2[nH]1. The van der Waals surface area contributed by atoms with Crippen molar-refractivity contribution in [3.05, 3.63) is 70.2 Å². The van der Waals surface area contributed by atoms with Crippen molar-refractivity contribution >= 4 is 46.1 Å². The summed E-state index contributed by atoms with van der Waals surface area (Å²) in [7, 11) is 0. The third-order valence-corrected chi connectivity index (χ3v) is 4.54. The number of aliphatic imine (C=N–C) groups is 1. The summed E-state index contributed by atoms with van der Waals surface area (Å²) in [5.74, 6) is 0.530. The van der Waals surface area contributed by atoms with E-state index in [-0.39, 0.29) is 16.5 Å². The molecule has 0 aliphatic heterocycles. The van der Waals surface area contributed by atoms with Crippen LogP contribution in [0.1, 0.15) is 5.56 Å². The van der Waals surface area contributed by atoms with E-state index in [0.29, 0.717) is 27.7 Å². The number of phenolic OH excluding ortho intramolecular Hbond substituents is 2. The Hall–Kier alpha value is -3.02. The smallest absolute Gasteiger partial charge is 0.143 e. The second kappa shape index (κ2) is 6.95. The summed E-state index contributed by atoms with van der Waals surface area (Å²) < 4.78 is 0. The topological polar surface area (TPSA) is 81.5 Å². The number of para-hydroxylation sites is 2. The van der Waals surface area contributed by atoms with Crippen LogP contribution in [0.25, 0.3) is 22.4 Å². The number of rotatable bonds is 3. The molecule has 0 saturated heterocycles. The van der Waals surface area contributed by atoms with Gasteiger partial charge in [-0.3, -0.25) is 4.99 Å². The standard InChI is InChI=1S/C20H13Cl2N3O2/c21-12-7-11(19(27)15(22)8-12)10-23-13-5-6-18(26)14(9-13)20-24-16-3-1-2-4-17(16)25-20/h1-10,26-27H,(H,24,25). The van der Waals surface area contributed by atoms with E-state index in [1.165, 1.54) is 12.3 Å². The van der Waals surface area contributed by atoms with Gasteiger partial charge < -0.3 is 15.2 Å². The molecule has 5 nitrogen and oxygen atoms in total. The number of nitrogens with zero attached hydrogens (tertiary/aromatic N) is 2. The molecule has 1 heterocycles. The van der Waals surface area contributed by atoms with Crippen LogP contribution in [-0.4, -0.2) is 26.4 Å². The molecule has 0 fully saturated rings. The molecule has 0 spiro atoms. The highest BCUT2D eigenvalue weighted by molar-refractivity contribution is 6.36. The Bertz CT molecular complexity index is 1150. The molecule has 0 radical (unpaired) electrons. The lowest BCUT2D eigenvalue weighted by molar-refractivity contribution is 0.474. The highest BCUT2D eigenvalue weighted by Crippen LogP contribution is 2.33. The van der Waals surface area contributed by atoms with Gasteiger partial charge in [0.1, 0.15) is 17.3 Å². The maximum Gasteiger partial charge on any atom is 0.143 e. The lowest BCUT2D eigenvalue weighted by atomic mass is 10.1. The third-order valence-electron chi connectivity index (χ3n) is 4.03. The maximum atomic E-state index is 10.2. The van der Waals surface area contributed by atoms with E-state index >= 15 is 0 Å². The van der Waals surface area contributed by atoms with E-state index in [9.17, 15) is 10.2 Å². The normalized spacial score (nSPS) is 11.5. The number of aromatic amines is 1. The van der Waals surface area contributed by atoms with Crippen LogP contribution in [-0.2, 0) is 0 Å². The molecule has 4 rings (SSSR count). The number of phenols is 2. The fourth-order valence-corrected chi connectivity index (χ4v) is 3.21. The van der Waals surface area contributed by atoms with Crippen molar-refractivity contribution < 1.29 is 10.2 Å². The van der Waals surface area contributed by atoms with Crippen LogP contribution in [0.4, 0.5) is 5.69 Å². The first-order valence-electron chi connectivity index (χ1n) is 8.01. The van der Waals surface area contributed by atoms with Gasteiger partial charge in [-0.15, -0.1) is 0 Å². The van der Waals surface area contributed by atoms with Crippen molar-refractivity contribution in [3.63, 3.8) is 0 Å². The number of hydrogen-bond acceptors (Lipinski definition) is 4. The van der Waals surface area contributed by atoms with Crippen molar-refractivity contribution in [2.75, 3.05) is 0 Å². The zero-order chi connectivity index (χ0) is 19.0. The molecule has 4 aromatic rings. The maximum absolute atomic E-state index is 10.2. The molecule has 3 N–H and O–H groups in total. The molecular weight excluding hydrogens is 385 g/mol. The predicted molar refractivity (Wildman–Crippen MR) is 109 cm³/mol. The van der Waals surface area contributed by atoms with Crippen molar-refractivity contribution in [1.82, 2.24) is 9.97 Å². The monoisotopic (exact) mass is 397 g/mol. The number of nitrogens with one attached hydrogen (secondary N) is 1. The first-order valence-corrected chi connectivity index (χ1v) is 8.77. The first kappa shape index (κ1) is 17.4. The van der Waals surface area contributed by atoms with Crippen LogP contribution in [0.5, 0.6) is 11.5 Å². The van der Waals surface area contributed by atoms with Gasteiger partial charge in [0, 0.05) is 16.8 Å². The van der Waals surface area contributed by atoms with Crippen LogP contribution < -0.4 is 0 Å². The second-order valence-electron chi connectivity index (χ2n) is 5.89. The van der Waals surface area contributed by atoms with E-state index in [1.807, 2.05) is 24.3 Å². The molecule has 0 atom stereocenters. The molecule has 0 bridgehead atoms. The number of fused-ring (bicyclic) bond motifs is 1. The minimum absolute atomic E-state index is 0.0849. The average Bonchev–Trinajstić information content (AvgIpc) is 3.08. The summed E-state index contributed by atoms with van der Waals surface area (Å²) in [5.41, 5.74) is 3.16. The Kier molecular flexibility index (Phi) is 4.48. The number of aromatic hydroxyl groups is 2. The number of benzene rings is 3. The molecular formula is C20H13Cl2N3O2. The Morgan fingerprint density at radius 3 is 2.63 bits per heavy atom. The molecule has 0 unspecified atom stereocenters. The largest absolute Gasteiger partial charge is 0.507 e. The molecule has 0 aliphatic rings. The van der Waals surface area contributed by atoms with Crippen LogP contribution in [0.2, 0.25) is 10.0 Å². The van der Waals surface area contributed by atoms with Crippen molar-refractivity contribution in [2.45, 2.75) is 0 Å². The third kappa shape index (κ3) is 3.47. The van der Waals surface area contributed by atoms with E-state index in [4.69, 9.17) is 23.2 Å². The second-order valence-corrected chi connectivity index (χ2v) is 6.73. The highest BCUT2D eigenvalue weighted by atomic mass is 35.5. The fourth-order valence-electron chi connectivity index (χ4n) is 2.70. The van der Waals surface area contributed by atoms with Crippen molar-refractivity contribution in [1.29, 1.82) is 0 Å². The summed E-state index contributed by atoms with van der Waals surface area (Å²) in [6.07, 6.45) is 1.46. The molecule has 0 amide bonds. The van der Waals surface area contributed by atoms with Gasteiger partial charge in [-0.05, 0) is 42.5 Å². The summed E-state index contributed by atoms with van der Waals surface area (Å²) >= 11 is 11.9. The van der Waals surface area contributed by atoms with Crippen LogP contribution in [0, 0.1) is 0 Å². The Labute approximate surface area is 164 Å². The average molecular weight is 398 g/mol. The fraction of sp³-hybridized carbons (Fsp3) is 0. The summed E-state index contributed by atoms with van der Waals surface area (Å²) in [4.78, 5) is 12.0. The first-order chi connectivity index (χ1) is 13.0. The van der Waals surface area contributed by atoms with E-state index < -0.39 is 0 Å². The van der Waals surface area contributed by atoms with Gasteiger partial charge in [0.05, 0.1) is 27.3 Å². The van der Waals surface area contributed by atoms with Crippen LogP contribution in [0.3, 0.4) is 0 Å². The van der Waals surface area contributed by atoms with E-state index in [0.717, 1.165) is 11.0 Å². The Morgan fingerprint density at radius 2 is 1.81 bits per heavy atom. The molecule has 1 aromatic heterocycles. The van der Waals surface area contributed by atoms with Gasteiger partial charge >= 0.3 is 0 Å². The Morgan fingerprint density at radius 1 is 1.00 bits per heavy atom. The minimum Gasteiger partial charge on any atom is -0.507 e. The Balaban J connectivity index is 1.72. The lowest BCUT2D eigenvalue weighted by Gasteiger charge is -2.04. The molecule has 134 valence electrons. The quantitative estimate of drug-likeness (QED) is 0.387. The predicted octanol–water partition coefficient (Wildman–Crippen LogP) is 5.70. The van der Waals surface area contributed by atoms with Gasteiger partial charge in [0.25, 0.3) is 0 Å². The highest BCUT2D eigenvalue weighted by Gasteiger charge is 2.11. The summed E-state index contributed by atoms with van der Waals surface area (Å²) in [5, 5.41) is 20.8. The number of hydrogen-bond donors (Lipinski definition) is 3. The van der Waals surface area contributed by atoms with Gasteiger partial charge in [-0.25, -0.2) is 4.98 Å².